The van der Waals surface area contributed by atoms with E-state index in [0.717, 1.165) is 24.3 Å². The Morgan fingerprint density at radius 1 is 1.21 bits per heavy atom. The van der Waals surface area contributed by atoms with Gasteiger partial charge in [-0.05, 0) is 23.8 Å². The summed E-state index contributed by atoms with van der Waals surface area (Å²) in [4.78, 5) is 0. The van der Waals surface area contributed by atoms with Crippen LogP contribution in [0.1, 0.15) is 52.9 Å². The maximum atomic E-state index is 10.2. The molecule has 0 saturated heterocycles. The van der Waals surface area contributed by atoms with Crippen molar-refractivity contribution >= 4 is 22.6 Å². The van der Waals surface area contributed by atoms with Gasteiger partial charge in [0.05, 0.1) is 6.10 Å². The van der Waals surface area contributed by atoms with Gasteiger partial charge in [0.1, 0.15) is 4.11 Å². The molecule has 0 fully saturated rings. The first-order valence-corrected chi connectivity index (χ1v) is 8.47. The summed E-state index contributed by atoms with van der Waals surface area (Å²) < 4.78 is -0.400. The van der Waals surface area contributed by atoms with Gasteiger partial charge in [-0.3, -0.25) is 0 Å². The van der Waals surface area contributed by atoms with Crippen molar-refractivity contribution in [3.63, 3.8) is 0 Å². The Balaban J connectivity index is 4.21. The Labute approximate surface area is 132 Å². The third-order valence-corrected chi connectivity index (χ3v) is 4.15. The lowest BCUT2D eigenvalue weighted by atomic mass is 9.90. The maximum absolute atomic E-state index is 10.2. The van der Waals surface area contributed by atoms with E-state index in [-0.39, 0.29) is 0 Å². The Kier molecular flexibility index (Phi) is 10.9. The van der Waals surface area contributed by atoms with Gasteiger partial charge in [-0.15, -0.1) is 0 Å². The average Bonchev–Trinajstić information content (AvgIpc) is 2.36. The van der Waals surface area contributed by atoms with Crippen LogP contribution in [-0.4, -0.2) is 20.4 Å². The van der Waals surface area contributed by atoms with Crippen LogP contribution in [0.25, 0.3) is 0 Å². The summed E-state index contributed by atoms with van der Waals surface area (Å²) >= 11 is 1.96. The van der Waals surface area contributed by atoms with Crippen molar-refractivity contribution in [1.82, 2.24) is 0 Å². The predicted molar refractivity (Wildman–Crippen MR) is 91.4 cm³/mol. The highest BCUT2D eigenvalue weighted by molar-refractivity contribution is 14.1. The second-order valence-corrected chi connectivity index (χ2v) is 6.96. The number of rotatable bonds is 10. The van der Waals surface area contributed by atoms with E-state index in [1.54, 1.807) is 6.08 Å². The SMILES string of the molecule is C=C/C(=C\CC(O)I)C(O)C[C@H](C)CCC(C)CC. The quantitative estimate of drug-likeness (QED) is 0.334. The zero-order valence-electron chi connectivity index (χ0n) is 12.5. The van der Waals surface area contributed by atoms with Crippen LogP contribution in [-0.2, 0) is 0 Å². The monoisotopic (exact) mass is 380 g/mol. The Hall–Kier alpha value is 0.130. The zero-order chi connectivity index (χ0) is 14.8. The second-order valence-electron chi connectivity index (χ2n) is 5.53. The Morgan fingerprint density at radius 3 is 2.26 bits per heavy atom. The normalized spacial score (nSPS) is 18.7. The van der Waals surface area contributed by atoms with Crippen molar-refractivity contribution in [3.8, 4) is 0 Å². The van der Waals surface area contributed by atoms with Crippen LogP contribution in [0.3, 0.4) is 0 Å². The predicted octanol–water partition coefficient (Wildman–Crippen LogP) is 4.46. The van der Waals surface area contributed by atoms with Gasteiger partial charge in [0, 0.05) is 6.42 Å². The number of halogens is 1. The van der Waals surface area contributed by atoms with Crippen molar-refractivity contribution in [2.45, 2.75) is 63.1 Å². The summed E-state index contributed by atoms with van der Waals surface area (Å²) in [5.74, 6) is 1.28. The number of hydrogen-bond donors (Lipinski definition) is 2. The molecule has 112 valence electrons. The largest absolute Gasteiger partial charge is 0.388 e. The molecule has 0 radical (unpaired) electrons. The highest BCUT2D eigenvalue weighted by Gasteiger charge is 2.14. The lowest BCUT2D eigenvalue weighted by Crippen LogP contribution is -2.14. The molecule has 0 aliphatic carbocycles. The van der Waals surface area contributed by atoms with E-state index in [1.165, 1.54) is 12.8 Å². The Morgan fingerprint density at radius 2 is 1.79 bits per heavy atom. The average molecular weight is 380 g/mol. The van der Waals surface area contributed by atoms with Crippen LogP contribution < -0.4 is 0 Å². The van der Waals surface area contributed by atoms with Gasteiger partial charge in [-0.2, -0.15) is 0 Å². The molecular formula is C16H29IO2. The molecule has 0 heterocycles. The van der Waals surface area contributed by atoms with Crippen LogP contribution in [0, 0.1) is 11.8 Å². The van der Waals surface area contributed by atoms with E-state index in [4.69, 9.17) is 0 Å². The van der Waals surface area contributed by atoms with E-state index < -0.39 is 10.2 Å². The first-order chi connectivity index (χ1) is 8.90. The lowest BCUT2D eigenvalue weighted by Gasteiger charge is -2.19. The molecule has 0 aliphatic rings. The maximum Gasteiger partial charge on any atom is 0.108 e. The molecule has 0 rings (SSSR count). The highest BCUT2D eigenvalue weighted by atomic mass is 127. The molecule has 2 N–H and O–H groups in total. The summed E-state index contributed by atoms with van der Waals surface area (Å²) in [5, 5.41) is 19.5. The molecule has 0 aromatic heterocycles. The van der Waals surface area contributed by atoms with Crippen LogP contribution >= 0.6 is 22.6 Å². The zero-order valence-corrected chi connectivity index (χ0v) is 14.6. The molecule has 3 unspecified atom stereocenters. The fraction of sp³-hybridized carbons (Fsp3) is 0.750. The third-order valence-electron chi connectivity index (χ3n) is 3.64. The highest BCUT2D eigenvalue weighted by Crippen LogP contribution is 2.22. The van der Waals surface area contributed by atoms with Gasteiger partial charge in [0.15, 0.2) is 0 Å². The molecule has 19 heavy (non-hydrogen) atoms. The summed E-state index contributed by atoms with van der Waals surface area (Å²) in [5.41, 5.74) is 0.839. The molecule has 0 amide bonds. The molecule has 0 bridgehead atoms. The van der Waals surface area contributed by atoms with E-state index in [1.807, 2.05) is 28.7 Å². The third kappa shape index (κ3) is 9.63. The molecular weight excluding hydrogens is 351 g/mol. The minimum Gasteiger partial charge on any atom is -0.388 e. The van der Waals surface area contributed by atoms with Crippen molar-refractivity contribution in [3.05, 3.63) is 24.3 Å². The van der Waals surface area contributed by atoms with Crippen LogP contribution in [0.4, 0.5) is 0 Å². The summed E-state index contributed by atoms with van der Waals surface area (Å²) in [7, 11) is 0. The first kappa shape index (κ1) is 19.1. The number of alkyl halides is 1. The fourth-order valence-corrected chi connectivity index (χ4v) is 2.25. The molecule has 0 spiro atoms. The summed E-state index contributed by atoms with van der Waals surface area (Å²) in [6, 6.07) is 0. The van der Waals surface area contributed by atoms with Crippen LogP contribution in [0.2, 0.25) is 0 Å². The second kappa shape index (κ2) is 10.9. The summed E-state index contributed by atoms with van der Waals surface area (Å²) in [6.07, 6.45) is 8.06. The number of hydrogen-bond acceptors (Lipinski definition) is 2. The topological polar surface area (TPSA) is 40.5 Å². The molecule has 2 nitrogen and oxygen atoms in total. The van der Waals surface area contributed by atoms with Crippen molar-refractivity contribution in [2.24, 2.45) is 11.8 Å². The van der Waals surface area contributed by atoms with Crippen molar-refractivity contribution < 1.29 is 10.2 Å². The Bertz CT molecular complexity index is 274. The van der Waals surface area contributed by atoms with E-state index in [9.17, 15) is 10.2 Å². The smallest absolute Gasteiger partial charge is 0.108 e. The van der Waals surface area contributed by atoms with E-state index >= 15 is 0 Å². The molecule has 0 aromatic rings. The summed E-state index contributed by atoms with van der Waals surface area (Å²) in [6.45, 7) is 10.4. The van der Waals surface area contributed by atoms with Gasteiger partial charge < -0.3 is 10.2 Å². The number of aliphatic hydroxyl groups is 2. The van der Waals surface area contributed by atoms with Gasteiger partial charge in [-0.1, -0.05) is 81.4 Å². The molecule has 0 aromatic carbocycles. The van der Waals surface area contributed by atoms with Gasteiger partial charge in [0.25, 0.3) is 0 Å². The van der Waals surface area contributed by atoms with Crippen molar-refractivity contribution in [1.29, 1.82) is 0 Å². The van der Waals surface area contributed by atoms with Gasteiger partial charge >= 0.3 is 0 Å². The number of aliphatic hydroxyl groups excluding tert-OH is 2. The van der Waals surface area contributed by atoms with Gasteiger partial charge in [-0.25, -0.2) is 0 Å². The van der Waals surface area contributed by atoms with Crippen LogP contribution in [0.5, 0.6) is 0 Å². The fourth-order valence-electron chi connectivity index (χ4n) is 2.00. The van der Waals surface area contributed by atoms with Crippen molar-refractivity contribution in [2.75, 3.05) is 0 Å². The van der Waals surface area contributed by atoms with E-state index in [0.29, 0.717) is 12.3 Å². The molecule has 0 saturated carbocycles. The lowest BCUT2D eigenvalue weighted by molar-refractivity contribution is 0.177. The minimum absolute atomic E-state index is 0.400. The molecule has 3 heteroatoms. The standard InChI is InChI=1S/C16H29IO2/c1-5-12(3)7-8-13(4)11-15(18)14(6-2)9-10-16(17)19/h6,9,12-13,15-16,18-19H,2,5,7-8,10-11H2,1,3-4H3/b14-9+/t12?,13-,15?,16?/m1/s1. The van der Waals surface area contributed by atoms with E-state index in [2.05, 4.69) is 27.4 Å². The molecule has 0 aliphatic heterocycles. The van der Waals surface area contributed by atoms with Crippen LogP contribution in [0.15, 0.2) is 24.3 Å². The van der Waals surface area contributed by atoms with Gasteiger partial charge in [0.2, 0.25) is 0 Å². The first-order valence-electron chi connectivity index (χ1n) is 7.23. The molecule has 4 atom stereocenters. The minimum atomic E-state index is -0.459.